The van der Waals surface area contributed by atoms with Crippen molar-refractivity contribution < 1.29 is 14.3 Å². The minimum atomic E-state index is -0.626. The number of carbonyl (C=O) groups excluding carboxylic acids is 2. The van der Waals surface area contributed by atoms with Gasteiger partial charge in [-0.2, -0.15) is 0 Å². The van der Waals surface area contributed by atoms with Gasteiger partial charge in [0.25, 0.3) is 5.91 Å². The number of nitrogens with zero attached hydrogens (tertiary/aromatic N) is 3. The average Bonchev–Trinajstić information content (AvgIpc) is 2.97. The molecule has 0 bridgehead atoms. The third-order valence-electron chi connectivity index (χ3n) is 4.33. The summed E-state index contributed by atoms with van der Waals surface area (Å²) in [5.74, 6) is -0.184. The fraction of sp³-hybridized carbons (Fsp3) is 0.625. The van der Waals surface area contributed by atoms with E-state index in [1.54, 1.807) is 31.5 Å². The Bertz CT molecular complexity index is 561. The molecule has 7 nitrogen and oxygen atoms in total. The van der Waals surface area contributed by atoms with Crippen LogP contribution in [0.4, 0.5) is 0 Å². The summed E-state index contributed by atoms with van der Waals surface area (Å²) < 4.78 is 5.31. The topological polar surface area (TPSA) is 84.4 Å². The van der Waals surface area contributed by atoms with Crippen LogP contribution < -0.4 is 5.32 Å². The highest BCUT2D eigenvalue weighted by Gasteiger charge is 2.46. The zero-order chi connectivity index (χ0) is 16.9. The summed E-state index contributed by atoms with van der Waals surface area (Å²) in [6.07, 6.45) is 5.95. The smallest absolute Gasteiger partial charge is 0.292 e. The van der Waals surface area contributed by atoms with Gasteiger partial charge in [-0.1, -0.05) is 6.92 Å². The number of ether oxygens (including phenoxy) is 1. The van der Waals surface area contributed by atoms with Crippen molar-refractivity contribution in [1.29, 1.82) is 0 Å². The van der Waals surface area contributed by atoms with E-state index in [-0.39, 0.29) is 24.1 Å². The second-order valence-electron chi connectivity index (χ2n) is 5.84. The van der Waals surface area contributed by atoms with Crippen LogP contribution in [0.1, 0.15) is 42.4 Å². The van der Waals surface area contributed by atoms with E-state index in [9.17, 15) is 9.59 Å². The van der Waals surface area contributed by atoms with Crippen molar-refractivity contribution in [3.63, 3.8) is 0 Å². The number of carbonyl (C=O) groups is 2. The van der Waals surface area contributed by atoms with Gasteiger partial charge in [-0.3, -0.25) is 9.59 Å². The van der Waals surface area contributed by atoms with Gasteiger partial charge in [-0.25, -0.2) is 9.97 Å². The molecule has 2 rings (SSSR count). The number of amides is 2. The van der Waals surface area contributed by atoms with Crippen molar-refractivity contribution in [1.82, 2.24) is 20.2 Å². The predicted octanol–water partition coefficient (Wildman–Crippen LogP) is 0.796. The summed E-state index contributed by atoms with van der Waals surface area (Å²) in [5.41, 5.74) is 0.357. The Morgan fingerprint density at radius 1 is 1.39 bits per heavy atom. The summed E-state index contributed by atoms with van der Waals surface area (Å²) in [4.78, 5) is 34.8. The molecule has 0 aliphatic carbocycles. The summed E-state index contributed by atoms with van der Waals surface area (Å²) in [7, 11) is 3.18. The molecular weight excluding hydrogens is 296 g/mol. The van der Waals surface area contributed by atoms with Gasteiger partial charge in [0, 0.05) is 33.1 Å². The van der Waals surface area contributed by atoms with Crippen molar-refractivity contribution >= 4 is 11.8 Å². The van der Waals surface area contributed by atoms with E-state index in [0.29, 0.717) is 13.2 Å². The van der Waals surface area contributed by atoms with Gasteiger partial charge in [0.05, 0.1) is 18.6 Å². The summed E-state index contributed by atoms with van der Waals surface area (Å²) in [6, 6.07) is 0. The molecule has 0 saturated carbocycles. The van der Waals surface area contributed by atoms with Crippen molar-refractivity contribution in [2.24, 2.45) is 0 Å². The molecule has 1 aromatic heterocycles. The number of methoxy groups -OCH3 is 1. The monoisotopic (exact) mass is 320 g/mol. The maximum absolute atomic E-state index is 12.8. The first-order chi connectivity index (χ1) is 11.1. The Labute approximate surface area is 136 Å². The Morgan fingerprint density at radius 3 is 2.65 bits per heavy atom. The Balaban J connectivity index is 2.26. The molecule has 1 atom stereocenters. The number of hydrogen-bond acceptors (Lipinski definition) is 5. The average molecular weight is 320 g/mol. The highest BCUT2D eigenvalue weighted by Crippen LogP contribution is 2.33. The SMILES string of the molecule is CCc1cnc(C(=O)N2CCC[C@@]2(COC)CC(=O)NC)nc1. The van der Waals surface area contributed by atoms with Gasteiger partial charge in [-0.15, -0.1) is 0 Å². The maximum Gasteiger partial charge on any atom is 0.292 e. The third kappa shape index (κ3) is 3.67. The highest BCUT2D eigenvalue weighted by atomic mass is 16.5. The van der Waals surface area contributed by atoms with Crippen LogP contribution in [0.5, 0.6) is 0 Å². The second-order valence-corrected chi connectivity index (χ2v) is 5.84. The lowest BCUT2D eigenvalue weighted by atomic mass is 9.92. The van der Waals surface area contributed by atoms with E-state index in [1.165, 1.54) is 0 Å². The molecule has 1 N–H and O–H groups in total. The predicted molar refractivity (Wildman–Crippen MR) is 85.0 cm³/mol. The van der Waals surface area contributed by atoms with Crippen LogP contribution >= 0.6 is 0 Å². The van der Waals surface area contributed by atoms with Gasteiger partial charge >= 0.3 is 0 Å². The lowest BCUT2D eigenvalue weighted by Gasteiger charge is -2.37. The number of nitrogens with one attached hydrogen (secondary N) is 1. The summed E-state index contributed by atoms with van der Waals surface area (Å²) >= 11 is 0. The highest BCUT2D eigenvalue weighted by molar-refractivity contribution is 5.92. The number of rotatable bonds is 6. The standard InChI is InChI=1S/C16H24N4O3/c1-4-12-9-18-14(19-10-12)15(22)20-7-5-6-16(20,11-23-3)8-13(21)17-2/h9-10H,4-8,11H2,1-3H3,(H,17,21)/t16-/m0/s1. The Kier molecular flexibility index (Phi) is 5.65. The first-order valence-corrected chi connectivity index (χ1v) is 7.88. The molecule has 2 heterocycles. The second kappa shape index (κ2) is 7.50. The number of likely N-dealkylation sites (tertiary alicyclic amines) is 1. The van der Waals surface area contributed by atoms with Crippen LogP contribution in [0, 0.1) is 0 Å². The third-order valence-corrected chi connectivity index (χ3v) is 4.33. The Morgan fingerprint density at radius 2 is 2.09 bits per heavy atom. The molecule has 1 aliphatic heterocycles. The van der Waals surface area contributed by atoms with Crippen molar-refractivity contribution in [3.8, 4) is 0 Å². The van der Waals surface area contributed by atoms with E-state index in [0.717, 1.165) is 24.8 Å². The molecule has 2 amide bonds. The van der Waals surface area contributed by atoms with E-state index in [1.807, 2.05) is 6.92 Å². The van der Waals surface area contributed by atoms with Crippen molar-refractivity contribution in [3.05, 3.63) is 23.8 Å². The molecule has 1 aliphatic rings. The number of aromatic nitrogens is 2. The molecule has 126 valence electrons. The fourth-order valence-electron chi connectivity index (χ4n) is 3.06. The number of hydrogen-bond donors (Lipinski definition) is 1. The van der Waals surface area contributed by atoms with Gasteiger partial charge < -0.3 is 15.0 Å². The molecule has 0 unspecified atom stereocenters. The molecule has 0 spiro atoms. The quantitative estimate of drug-likeness (QED) is 0.838. The summed E-state index contributed by atoms with van der Waals surface area (Å²) in [5, 5.41) is 2.63. The van der Waals surface area contributed by atoms with Gasteiger partial charge in [0.1, 0.15) is 0 Å². The van der Waals surface area contributed by atoms with Crippen LogP contribution in [0.3, 0.4) is 0 Å². The van der Waals surface area contributed by atoms with Crippen molar-refractivity contribution in [2.45, 2.75) is 38.1 Å². The first kappa shape index (κ1) is 17.3. The van der Waals surface area contributed by atoms with Crippen LogP contribution in [0.2, 0.25) is 0 Å². The fourth-order valence-corrected chi connectivity index (χ4v) is 3.06. The minimum absolute atomic E-state index is 0.107. The zero-order valence-corrected chi connectivity index (χ0v) is 14.0. The minimum Gasteiger partial charge on any atom is -0.382 e. The molecule has 1 aromatic rings. The van der Waals surface area contributed by atoms with Crippen LogP contribution in [0.15, 0.2) is 12.4 Å². The van der Waals surface area contributed by atoms with Gasteiger partial charge in [0.2, 0.25) is 11.7 Å². The molecule has 0 aromatic carbocycles. The largest absolute Gasteiger partial charge is 0.382 e. The molecule has 1 fully saturated rings. The van der Waals surface area contributed by atoms with Crippen LogP contribution in [0.25, 0.3) is 0 Å². The van der Waals surface area contributed by atoms with Gasteiger partial charge in [0.15, 0.2) is 0 Å². The zero-order valence-electron chi connectivity index (χ0n) is 14.0. The molecule has 0 radical (unpaired) electrons. The normalized spacial score (nSPS) is 20.6. The molecule has 1 saturated heterocycles. The molecular formula is C16H24N4O3. The molecule has 7 heteroatoms. The Hall–Kier alpha value is -2.02. The summed E-state index contributed by atoms with van der Waals surface area (Å²) in [6.45, 7) is 2.91. The lowest BCUT2D eigenvalue weighted by molar-refractivity contribution is -0.123. The van der Waals surface area contributed by atoms with E-state index in [4.69, 9.17) is 4.74 Å². The number of aryl methyl sites for hydroxylation is 1. The van der Waals surface area contributed by atoms with Crippen molar-refractivity contribution in [2.75, 3.05) is 27.3 Å². The maximum atomic E-state index is 12.8. The first-order valence-electron chi connectivity index (χ1n) is 7.88. The lowest BCUT2D eigenvalue weighted by Crippen LogP contribution is -2.53. The van der Waals surface area contributed by atoms with Gasteiger partial charge in [-0.05, 0) is 24.8 Å². The van der Waals surface area contributed by atoms with Crippen LogP contribution in [-0.4, -0.2) is 59.5 Å². The van der Waals surface area contributed by atoms with E-state index in [2.05, 4.69) is 15.3 Å². The molecule has 23 heavy (non-hydrogen) atoms. The van der Waals surface area contributed by atoms with Crippen LogP contribution in [-0.2, 0) is 16.0 Å². The van der Waals surface area contributed by atoms with E-state index >= 15 is 0 Å². The van der Waals surface area contributed by atoms with E-state index < -0.39 is 5.54 Å².